The monoisotopic (exact) mass is 370 g/mol. The van der Waals surface area contributed by atoms with Crippen LogP contribution in [-0.4, -0.2) is 52.3 Å². The zero-order chi connectivity index (χ0) is 19.6. The maximum atomic E-state index is 12.8. The van der Waals surface area contributed by atoms with Crippen molar-refractivity contribution >= 4 is 34.8 Å². The third kappa shape index (κ3) is 3.69. The van der Waals surface area contributed by atoms with Gasteiger partial charge in [-0.2, -0.15) is 0 Å². The Kier molecular flexibility index (Phi) is 5.25. The number of ether oxygens (including phenoxy) is 2. The van der Waals surface area contributed by atoms with Crippen molar-refractivity contribution in [2.45, 2.75) is 26.8 Å². The van der Waals surface area contributed by atoms with Crippen LogP contribution in [0.2, 0.25) is 0 Å². The molecular weight excluding hydrogens is 348 g/mol. The lowest BCUT2D eigenvalue weighted by Crippen LogP contribution is -2.30. The number of carbonyl (C=O) groups excluding carboxylic acids is 2. The number of fused-ring (bicyclic) bond motifs is 1. The second-order valence-electron chi connectivity index (χ2n) is 6.41. The molecular formula is C19H22N4O4. The van der Waals surface area contributed by atoms with Crippen LogP contribution in [-0.2, 0) is 19.1 Å². The average molecular weight is 370 g/mol. The normalized spacial score (nSPS) is 19.9. The minimum Gasteiger partial charge on any atom is -0.465 e. The van der Waals surface area contributed by atoms with Gasteiger partial charge in [-0.05, 0) is 39.0 Å². The Morgan fingerprint density at radius 3 is 3.00 bits per heavy atom. The fourth-order valence-electron chi connectivity index (χ4n) is 2.60. The number of hydrazone groups is 1. The van der Waals surface area contributed by atoms with Crippen LogP contribution in [0.15, 0.2) is 35.4 Å². The number of aromatic nitrogens is 2. The highest BCUT2D eigenvalue weighted by Gasteiger charge is 2.45. The van der Waals surface area contributed by atoms with E-state index >= 15 is 0 Å². The number of esters is 1. The molecule has 0 amide bonds. The van der Waals surface area contributed by atoms with Gasteiger partial charge in [0.15, 0.2) is 5.76 Å². The van der Waals surface area contributed by atoms with Gasteiger partial charge in [-0.15, -0.1) is 5.10 Å². The maximum Gasteiger partial charge on any atom is 0.326 e. The second-order valence-corrected chi connectivity index (χ2v) is 6.41. The first kappa shape index (κ1) is 18.6. The summed E-state index contributed by atoms with van der Waals surface area (Å²) in [7, 11) is 1.75. The Bertz CT molecular complexity index is 929. The van der Waals surface area contributed by atoms with E-state index in [0.29, 0.717) is 5.65 Å². The van der Waals surface area contributed by atoms with Crippen molar-refractivity contribution in [3.8, 4) is 0 Å². The number of nitrogens with zero attached hydrogens (tertiary/aromatic N) is 3. The number of carbonyl (C=O) groups is 2. The van der Waals surface area contributed by atoms with Crippen molar-refractivity contribution in [3.05, 3.63) is 35.8 Å². The first-order chi connectivity index (χ1) is 12.9. The minimum atomic E-state index is -1.19. The van der Waals surface area contributed by atoms with E-state index < -0.39 is 17.7 Å². The number of hydrogen-bond acceptors (Lipinski definition) is 7. The van der Waals surface area contributed by atoms with Gasteiger partial charge in [0.25, 0.3) is 0 Å². The molecule has 0 spiro atoms. The van der Waals surface area contributed by atoms with Crippen molar-refractivity contribution in [1.82, 2.24) is 15.0 Å². The van der Waals surface area contributed by atoms with Crippen LogP contribution in [0.1, 0.15) is 26.3 Å². The number of H-pyrrole nitrogens is 1. The Morgan fingerprint density at radius 1 is 1.52 bits per heavy atom. The SMILES string of the molecule is CCOC(=O)C1C(=O)/C(=C/c2c[nH]c3ncccc23)O/C1=N/N(C)C(C)C. The van der Waals surface area contributed by atoms with Crippen LogP contribution < -0.4 is 0 Å². The molecule has 0 saturated carbocycles. The Morgan fingerprint density at radius 2 is 2.30 bits per heavy atom. The topological polar surface area (TPSA) is 96.9 Å². The van der Waals surface area contributed by atoms with E-state index in [1.807, 2.05) is 19.9 Å². The molecule has 2 aromatic rings. The molecule has 1 atom stereocenters. The van der Waals surface area contributed by atoms with Crippen molar-refractivity contribution in [1.29, 1.82) is 0 Å². The van der Waals surface area contributed by atoms with Gasteiger partial charge in [0.1, 0.15) is 5.65 Å². The van der Waals surface area contributed by atoms with E-state index in [1.54, 1.807) is 43.5 Å². The minimum absolute atomic E-state index is 0.0267. The summed E-state index contributed by atoms with van der Waals surface area (Å²) in [5, 5.41) is 6.78. The van der Waals surface area contributed by atoms with Crippen LogP contribution in [0.25, 0.3) is 17.1 Å². The number of ketones is 1. The summed E-state index contributed by atoms with van der Waals surface area (Å²) in [6.07, 6.45) is 5.00. The lowest BCUT2D eigenvalue weighted by atomic mass is 10.0. The molecule has 3 rings (SSSR count). The van der Waals surface area contributed by atoms with Crippen LogP contribution >= 0.6 is 0 Å². The van der Waals surface area contributed by atoms with Gasteiger partial charge in [-0.25, -0.2) is 4.98 Å². The molecule has 1 fully saturated rings. The largest absolute Gasteiger partial charge is 0.465 e. The van der Waals surface area contributed by atoms with Crippen LogP contribution in [0, 0.1) is 5.92 Å². The molecule has 0 aliphatic carbocycles. The van der Waals surface area contributed by atoms with Gasteiger partial charge < -0.3 is 14.5 Å². The molecule has 0 bridgehead atoms. The Hall–Kier alpha value is -3.16. The van der Waals surface area contributed by atoms with E-state index in [9.17, 15) is 9.59 Å². The average Bonchev–Trinajstić information content (AvgIpc) is 3.17. The quantitative estimate of drug-likeness (QED) is 0.376. The summed E-state index contributed by atoms with van der Waals surface area (Å²) in [6.45, 7) is 5.74. The third-order valence-corrected chi connectivity index (χ3v) is 4.26. The summed E-state index contributed by atoms with van der Waals surface area (Å²) in [5.41, 5.74) is 1.44. The molecule has 1 saturated heterocycles. The van der Waals surface area contributed by atoms with Crippen molar-refractivity contribution in [3.63, 3.8) is 0 Å². The summed E-state index contributed by atoms with van der Waals surface area (Å²) in [5.74, 6) is -2.25. The molecule has 1 aliphatic rings. The molecule has 0 aromatic carbocycles. The molecule has 2 aromatic heterocycles. The third-order valence-electron chi connectivity index (χ3n) is 4.26. The van der Waals surface area contributed by atoms with Gasteiger partial charge in [0, 0.05) is 36.4 Å². The number of rotatable bonds is 5. The number of hydrogen-bond donors (Lipinski definition) is 1. The van der Waals surface area contributed by atoms with Crippen LogP contribution in [0.3, 0.4) is 0 Å². The highest BCUT2D eigenvalue weighted by atomic mass is 16.5. The van der Waals surface area contributed by atoms with Gasteiger partial charge in [-0.1, -0.05) is 0 Å². The highest BCUT2D eigenvalue weighted by molar-refractivity contribution is 6.27. The maximum absolute atomic E-state index is 12.8. The molecule has 8 heteroatoms. The van der Waals surface area contributed by atoms with Crippen LogP contribution in [0.4, 0.5) is 0 Å². The second kappa shape index (κ2) is 7.61. The standard InChI is InChI=1S/C19H22N4O4/c1-5-26-19(25)15-16(24)14(27-18(15)22-23(4)11(2)3)9-12-10-21-17-13(12)7-6-8-20-17/h6-11,15H,5H2,1-4H3,(H,20,21)/b14-9-,22-18+. The molecule has 0 radical (unpaired) electrons. The number of nitrogens with one attached hydrogen (secondary N) is 1. The fourth-order valence-corrected chi connectivity index (χ4v) is 2.60. The molecule has 1 aliphatic heterocycles. The lowest BCUT2D eigenvalue weighted by molar-refractivity contribution is -0.147. The van der Waals surface area contributed by atoms with E-state index in [1.165, 1.54) is 0 Å². The summed E-state index contributed by atoms with van der Waals surface area (Å²) in [6, 6.07) is 3.77. The highest BCUT2D eigenvalue weighted by Crippen LogP contribution is 2.28. The van der Waals surface area contributed by atoms with Crippen LogP contribution in [0.5, 0.6) is 0 Å². The first-order valence-electron chi connectivity index (χ1n) is 8.76. The number of Topliss-reactive ketones (excluding diaryl/α,β-unsaturated/α-hetero) is 1. The van der Waals surface area contributed by atoms with Gasteiger partial charge in [-0.3, -0.25) is 14.6 Å². The van der Waals surface area contributed by atoms with Crippen molar-refractivity contribution in [2.75, 3.05) is 13.7 Å². The summed E-state index contributed by atoms with van der Waals surface area (Å²) in [4.78, 5) is 32.4. The zero-order valence-electron chi connectivity index (χ0n) is 15.7. The fraction of sp³-hybridized carbons (Fsp3) is 0.368. The Balaban J connectivity index is 2.00. The van der Waals surface area contributed by atoms with Crippen molar-refractivity contribution < 1.29 is 19.1 Å². The molecule has 3 heterocycles. The lowest BCUT2D eigenvalue weighted by Gasteiger charge is -2.18. The van der Waals surface area contributed by atoms with Gasteiger partial charge in [0.05, 0.1) is 6.61 Å². The molecule has 142 valence electrons. The molecule has 1 unspecified atom stereocenters. The van der Waals surface area contributed by atoms with E-state index in [0.717, 1.165) is 10.9 Å². The van der Waals surface area contributed by atoms with E-state index in [-0.39, 0.29) is 24.3 Å². The zero-order valence-corrected chi connectivity index (χ0v) is 15.7. The van der Waals surface area contributed by atoms with Crippen molar-refractivity contribution in [2.24, 2.45) is 11.0 Å². The molecule has 8 nitrogen and oxygen atoms in total. The predicted octanol–water partition coefficient (Wildman–Crippen LogP) is 2.34. The number of aromatic amines is 1. The van der Waals surface area contributed by atoms with E-state index in [2.05, 4.69) is 15.1 Å². The molecule has 27 heavy (non-hydrogen) atoms. The van der Waals surface area contributed by atoms with Gasteiger partial charge >= 0.3 is 5.97 Å². The van der Waals surface area contributed by atoms with E-state index in [4.69, 9.17) is 9.47 Å². The van der Waals surface area contributed by atoms with Gasteiger partial charge in [0.2, 0.25) is 17.6 Å². The molecule has 1 N–H and O–H groups in total. The smallest absolute Gasteiger partial charge is 0.326 e. The first-order valence-corrected chi connectivity index (χ1v) is 8.76. The summed E-state index contributed by atoms with van der Waals surface area (Å²) >= 11 is 0. The predicted molar refractivity (Wildman–Crippen MR) is 101 cm³/mol. The number of allylic oxidation sites excluding steroid dienone is 1. The number of pyridine rings is 1. The Labute approximate surface area is 156 Å². The summed E-state index contributed by atoms with van der Waals surface area (Å²) < 4.78 is 10.7.